The van der Waals surface area contributed by atoms with Crippen LogP contribution in [0.3, 0.4) is 0 Å². The van der Waals surface area contributed by atoms with Crippen LogP contribution in [-0.4, -0.2) is 29.9 Å². The van der Waals surface area contributed by atoms with Gasteiger partial charge in [-0.3, -0.25) is 45.6 Å². The van der Waals surface area contributed by atoms with Crippen LogP contribution in [0, 0.1) is 40.5 Å². The van der Waals surface area contributed by atoms with Crippen molar-refractivity contribution in [1.29, 1.82) is 0 Å². The van der Waals surface area contributed by atoms with Crippen molar-refractivity contribution in [2.24, 2.45) is 0 Å². The SMILES string of the molecule is O=[N+]([O-])c1cn[nH]c1C([N+](=O)[O-])([N+](=O)[O-])[N+](=O)[O-]. The maximum Gasteiger partial charge on any atom is 0.752 e. The molecule has 1 aromatic rings. The summed E-state index contributed by atoms with van der Waals surface area (Å²) in [5.41, 5.74) is -2.66. The summed E-state index contributed by atoms with van der Waals surface area (Å²) in [4.78, 5) is 35.5. The molecule has 18 heavy (non-hydrogen) atoms. The minimum atomic E-state index is -4.10. The van der Waals surface area contributed by atoms with Gasteiger partial charge < -0.3 is 0 Å². The van der Waals surface area contributed by atoms with Gasteiger partial charge in [-0.25, -0.2) is 0 Å². The molecule has 1 heterocycles. The van der Waals surface area contributed by atoms with Crippen molar-refractivity contribution in [3.63, 3.8) is 0 Å². The van der Waals surface area contributed by atoms with Crippen molar-refractivity contribution in [3.8, 4) is 0 Å². The Hall–Kier alpha value is -3.19. The zero-order valence-corrected chi connectivity index (χ0v) is 8.08. The van der Waals surface area contributed by atoms with Crippen molar-refractivity contribution >= 4 is 5.69 Å². The highest BCUT2D eigenvalue weighted by Crippen LogP contribution is 2.31. The molecular weight excluding hydrogens is 260 g/mol. The molecule has 0 aliphatic rings. The van der Waals surface area contributed by atoms with Crippen molar-refractivity contribution in [2.45, 2.75) is 5.79 Å². The molecule has 0 spiro atoms. The molecule has 1 aromatic heterocycles. The van der Waals surface area contributed by atoms with Gasteiger partial charge in [0.15, 0.2) is 14.8 Å². The Balaban J connectivity index is 3.68. The van der Waals surface area contributed by atoms with E-state index in [0.717, 1.165) is 0 Å². The number of nitro groups is 4. The van der Waals surface area contributed by atoms with Gasteiger partial charge in [0.2, 0.25) is 0 Å². The average Bonchev–Trinajstić information content (AvgIpc) is 2.65. The first-order valence-electron chi connectivity index (χ1n) is 3.88. The van der Waals surface area contributed by atoms with E-state index in [1.807, 2.05) is 0 Å². The highest BCUT2D eigenvalue weighted by Gasteiger charge is 2.77. The third kappa shape index (κ3) is 1.47. The van der Waals surface area contributed by atoms with Gasteiger partial charge in [-0.1, -0.05) is 0 Å². The fourth-order valence-electron chi connectivity index (χ4n) is 1.14. The van der Waals surface area contributed by atoms with E-state index in [4.69, 9.17) is 0 Å². The highest BCUT2D eigenvalue weighted by molar-refractivity contribution is 5.33. The number of H-pyrrole nitrogens is 1. The molecule has 1 N–H and O–H groups in total. The van der Waals surface area contributed by atoms with Gasteiger partial charge in [-0.05, 0) is 0 Å². The van der Waals surface area contributed by atoms with Crippen LogP contribution in [0.2, 0.25) is 0 Å². The van der Waals surface area contributed by atoms with Gasteiger partial charge in [0.05, 0.1) is 4.92 Å². The van der Waals surface area contributed by atoms with Crippen molar-refractivity contribution in [3.05, 3.63) is 52.3 Å². The van der Waals surface area contributed by atoms with Crippen LogP contribution in [0.4, 0.5) is 5.69 Å². The highest BCUT2D eigenvalue weighted by atomic mass is 16.7. The number of nitrogens with zero attached hydrogens (tertiary/aromatic N) is 5. The lowest BCUT2D eigenvalue weighted by Gasteiger charge is -2.05. The Morgan fingerprint density at radius 2 is 1.44 bits per heavy atom. The van der Waals surface area contributed by atoms with Crippen LogP contribution in [0.5, 0.6) is 0 Å². The number of hydrogen-bond acceptors (Lipinski definition) is 9. The predicted molar refractivity (Wildman–Crippen MR) is 47.9 cm³/mol. The summed E-state index contributed by atoms with van der Waals surface area (Å²) in [5.74, 6) is -4.10. The van der Waals surface area contributed by atoms with Gasteiger partial charge in [0, 0.05) is 0 Å². The third-order valence-electron chi connectivity index (χ3n) is 1.92. The van der Waals surface area contributed by atoms with Crippen molar-refractivity contribution < 1.29 is 19.7 Å². The molecule has 96 valence electrons. The quantitative estimate of drug-likeness (QED) is 0.402. The summed E-state index contributed by atoms with van der Waals surface area (Å²) in [6.07, 6.45) is 0.403. The Kier molecular flexibility index (Phi) is 2.86. The standard InChI is InChI=1S/C4H2N6O8/c11-7(12)2-1-5-6-3(2)4(8(13)14,9(15)16)10(17)18/h1H,(H,5,6). The van der Waals surface area contributed by atoms with Gasteiger partial charge in [-0.2, -0.15) is 5.10 Å². The van der Waals surface area contributed by atoms with E-state index in [1.165, 1.54) is 0 Å². The fourth-order valence-corrected chi connectivity index (χ4v) is 1.14. The normalized spacial score (nSPS) is 10.9. The van der Waals surface area contributed by atoms with E-state index in [1.54, 1.807) is 5.10 Å². The molecule has 0 saturated heterocycles. The zero-order valence-electron chi connectivity index (χ0n) is 8.08. The molecule has 0 radical (unpaired) electrons. The molecular formula is C4H2N6O8. The molecule has 0 amide bonds. The molecule has 1 rings (SSSR count). The summed E-state index contributed by atoms with van der Waals surface area (Å²) in [5, 5.41) is 46.9. The number of rotatable bonds is 5. The minimum Gasteiger partial charge on any atom is -0.258 e. The van der Waals surface area contributed by atoms with E-state index in [9.17, 15) is 40.5 Å². The van der Waals surface area contributed by atoms with E-state index in [2.05, 4.69) is 5.10 Å². The van der Waals surface area contributed by atoms with Gasteiger partial charge >= 0.3 is 17.2 Å². The second-order valence-corrected chi connectivity index (χ2v) is 2.79. The molecule has 0 atom stereocenters. The number of aromatic nitrogens is 2. The van der Waals surface area contributed by atoms with Crippen LogP contribution in [-0.2, 0) is 5.79 Å². The minimum absolute atomic E-state index is 0.403. The van der Waals surface area contributed by atoms with Crippen molar-refractivity contribution in [2.75, 3.05) is 0 Å². The van der Waals surface area contributed by atoms with Crippen LogP contribution >= 0.6 is 0 Å². The molecule has 0 aliphatic carbocycles. The molecule has 0 unspecified atom stereocenters. The molecule has 14 nitrogen and oxygen atoms in total. The second-order valence-electron chi connectivity index (χ2n) is 2.79. The molecule has 14 heteroatoms. The summed E-state index contributed by atoms with van der Waals surface area (Å²) >= 11 is 0. The molecule has 0 aromatic carbocycles. The Morgan fingerprint density at radius 3 is 1.78 bits per heavy atom. The van der Waals surface area contributed by atoms with Gasteiger partial charge in [0.1, 0.15) is 6.20 Å². The monoisotopic (exact) mass is 262 g/mol. The van der Waals surface area contributed by atoms with Crippen LogP contribution < -0.4 is 0 Å². The predicted octanol–water partition coefficient (Wildman–Crippen LogP) is -0.742. The first kappa shape index (κ1) is 12.9. The Labute approximate surface area is 94.8 Å². The number of hydrogen-bond donors (Lipinski definition) is 1. The molecule has 0 bridgehead atoms. The number of nitrogens with one attached hydrogen (secondary N) is 1. The fraction of sp³-hybridized carbons (Fsp3) is 0.250. The van der Waals surface area contributed by atoms with E-state index < -0.39 is 36.9 Å². The zero-order chi connectivity index (χ0) is 14.1. The van der Waals surface area contributed by atoms with E-state index in [0.29, 0.717) is 6.20 Å². The largest absolute Gasteiger partial charge is 0.752 e. The molecule has 0 fully saturated rings. The topological polar surface area (TPSA) is 201 Å². The summed E-state index contributed by atoms with van der Waals surface area (Å²) in [6.45, 7) is 0. The van der Waals surface area contributed by atoms with Crippen LogP contribution in [0.25, 0.3) is 0 Å². The molecule has 0 saturated carbocycles. The Bertz CT molecular complexity index is 511. The number of aromatic amines is 1. The maximum atomic E-state index is 10.6. The second kappa shape index (κ2) is 4.00. The van der Waals surface area contributed by atoms with Crippen LogP contribution in [0.1, 0.15) is 5.69 Å². The summed E-state index contributed by atoms with van der Waals surface area (Å²) in [6, 6.07) is 0. The third-order valence-corrected chi connectivity index (χ3v) is 1.92. The van der Waals surface area contributed by atoms with E-state index in [-0.39, 0.29) is 0 Å². The Morgan fingerprint density at radius 1 is 1.00 bits per heavy atom. The molecule has 0 aliphatic heterocycles. The van der Waals surface area contributed by atoms with Crippen LogP contribution in [0.15, 0.2) is 6.20 Å². The first-order valence-corrected chi connectivity index (χ1v) is 3.88. The lowest BCUT2D eigenvalue weighted by atomic mass is 10.2. The first-order chi connectivity index (χ1) is 8.26. The summed E-state index contributed by atoms with van der Waals surface area (Å²) < 4.78 is 0. The average molecular weight is 262 g/mol. The van der Waals surface area contributed by atoms with E-state index >= 15 is 0 Å². The smallest absolute Gasteiger partial charge is 0.258 e. The maximum absolute atomic E-state index is 10.6. The lowest BCUT2D eigenvalue weighted by Crippen LogP contribution is -2.50. The summed E-state index contributed by atoms with van der Waals surface area (Å²) in [7, 11) is 0. The van der Waals surface area contributed by atoms with Gasteiger partial charge in [-0.15, -0.1) is 0 Å². The van der Waals surface area contributed by atoms with Gasteiger partial charge in [0.25, 0.3) is 0 Å². The van der Waals surface area contributed by atoms with Crippen molar-refractivity contribution in [1.82, 2.24) is 10.2 Å². The lowest BCUT2D eigenvalue weighted by molar-refractivity contribution is -0.986.